The number of nitrogens with zero attached hydrogens (tertiary/aromatic N) is 3. The summed E-state index contributed by atoms with van der Waals surface area (Å²) in [6, 6.07) is 9.49. The van der Waals surface area contributed by atoms with Crippen molar-refractivity contribution >= 4 is 33.3 Å². The van der Waals surface area contributed by atoms with Crippen LogP contribution in [-0.4, -0.2) is 42.2 Å². The van der Waals surface area contributed by atoms with Crippen molar-refractivity contribution in [2.24, 2.45) is 0 Å². The van der Waals surface area contributed by atoms with E-state index in [2.05, 4.69) is 11.8 Å². The van der Waals surface area contributed by atoms with E-state index in [1.165, 1.54) is 0 Å². The monoisotopic (exact) mass is 411 g/mol. The van der Waals surface area contributed by atoms with Crippen LogP contribution in [0.2, 0.25) is 0 Å². The van der Waals surface area contributed by atoms with Gasteiger partial charge in [-0.3, -0.25) is 4.79 Å². The summed E-state index contributed by atoms with van der Waals surface area (Å²) in [6.07, 6.45) is 3.41. The third-order valence-electron chi connectivity index (χ3n) is 4.90. The number of unbranched alkanes of at least 4 members (excludes halogenated alkanes) is 2. The quantitative estimate of drug-likeness (QED) is 0.319. The summed E-state index contributed by atoms with van der Waals surface area (Å²) in [5.41, 5.74) is 1.77. The molecule has 0 saturated carbocycles. The first-order chi connectivity index (χ1) is 14.2. The molecule has 1 aliphatic heterocycles. The summed E-state index contributed by atoms with van der Waals surface area (Å²) < 4.78 is 12.1. The first-order valence-electron chi connectivity index (χ1n) is 10.1. The van der Waals surface area contributed by atoms with Crippen molar-refractivity contribution in [1.82, 2.24) is 9.97 Å². The largest absolute Gasteiger partial charge is 0.427 e. The Hall–Kier alpha value is -2.51. The highest BCUT2D eigenvalue weighted by atomic mass is 32.1. The third kappa shape index (κ3) is 4.74. The number of hydrogen-bond donors (Lipinski definition) is 0. The number of carbonyl (C=O) groups excluding carboxylic acids is 1. The van der Waals surface area contributed by atoms with Crippen molar-refractivity contribution in [2.45, 2.75) is 32.6 Å². The minimum Gasteiger partial charge on any atom is -0.427 e. The number of hydrogen-bond acceptors (Lipinski definition) is 7. The van der Waals surface area contributed by atoms with Crippen LogP contribution in [-0.2, 0) is 9.53 Å². The Bertz CT molecular complexity index is 982. The van der Waals surface area contributed by atoms with Gasteiger partial charge in [0.1, 0.15) is 5.75 Å². The van der Waals surface area contributed by atoms with Crippen LogP contribution in [0.4, 0.5) is 5.82 Å². The maximum atomic E-state index is 12.1. The predicted octanol–water partition coefficient (Wildman–Crippen LogP) is 4.68. The first kappa shape index (κ1) is 19.8. The minimum absolute atomic E-state index is 0.196. The molecule has 29 heavy (non-hydrogen) atoms. The normalized spacial score (nSPS) is 14.3. The SMILES string of the molecule is CCCCCC(=O)Oc1cccc(-c2nc(N3CCOCC3)c3sccc3n2)c1. The van der Waals surface area contributed by atoms with Gasteiger partial charge in [-0.05, 0) is 30.0 Å². The van der Waals surface area contributed by atoms with E-state index in [0.717, 1.165) is 53.9 Å². The van der Waals surface area contributed by atoms with Gasteiger partial charge in [-0.2, -0.15) is 0 Å². The highest BCUT2D eigenvalue weighted by molar-refractivity contribution is 7.17. The van der Waals surface area contributed by atoms with Crippen LogP contribution < -0.4 is 9.64 Å². The number of rotatable bonds is 7. The molecular formula is C22H25N3O3S. The number of anilines is 1. The van der Waals surface area contributed by atoms with Gasteiger partial charge < -0.3 is 14.4 Å². The number of thiophene rings is 1. The lowest BCUT2D eigenvalue weighted by Crippen LogP contribution is -2.36. The zero-order valence-electron chi connectivity index (χ0n) is 16.6. The zero-order valence-corrected chi connectivity index (χ0v) is 17.4. The standard InChI is InChI=1S/C22H25N3O3S/c1-2-3-4-8-19(26)28-17-7-5-6-16(15-17)21-23-18-9-14-29-20(18)22(24-21)25-10-12-27-13-11-25/h5-7,9,14-15H,2-4,8,10-13H2,1H3. The second-order valence-corrected chi connectivity index (χ2v) is 7.98. The molecule has 4 rings (SSSR count). The van der Waals surface area contributed by atoms with Gasteiger partial charge in [0.15, 0.2) is 11.6 Å². The molecule has 1 fully saturated rings. The van der Waals surface area contributed by atoms with Crippen molar-refractivity contribution in [3.63, 3.8) is 0 Å². The average molecular weight is 412 g/mol. The number of aromatic nitrogens is 2. The summed E-state index contributed by atoms with van der Waals surface area (Å²) in [7, 11) is 0. The van der Waals surface area contributed by atoms with Crippen LogP contribution in [0.25, 0.3) is 21.6 Å². The van der Waals surface area contributed by atoms with Crippen LogP contribution in [0.5, 0.6) is 5.75 Å². The molecule has 2 aromatic heterocycles. The fourth-order valence-electron chi connectivity index (χ4n) is 3.37. The van der Waals surface area contributed by atoms with E-state index in [1.807, 2.05) is 29.6 Å². The van der Waals surface area contributed by atoms with E-state index in [0.29, 0.717) is 31.2 Å². The van der Waals surface area contributed by atoms with Crippen molar-refractivity contribution < 1.29 is 14.3 Å². The first-order valence-corrected chi connectivity index (χ1v) is 11.0. The Kier molecular flexibility index (Phi) is 6.36. The highest BCUT2D eigenvalue weighted by Crippen LogP contribution is 2.32. The molecule has 6 nitrogen and oxygen atoms in total. The van der Waals surface area contributed by atoms with Gasteiger partial charge in [-0.25, -0.2) is 9.97 Å². The smallest absolute Gasteiger partial charge is 0.311 e. The highest BCUT2D eigenvalue weighted by Gasteiger charge is 2.19. The van der Waals surface area contributed by atoms with Crippen molar-refractivity contribution in [2.75, 3.05) is 31.2 Å². The van der Waals surface area contributed by atoms with Gasteiger partial charge in [-0.1, -0.05) is 31.9 Å². The Labute approximate surface area is 174 Å². The van der Waals surface area contributed by atoms with Gasteiger partial charge >= 0.3 is 5.97 Å². The number of benzene rings is 1. The molecule has 0 atom stereocenters. The van der Waals surface area contributed by atoms with Gasteiger partial charge in [0.05, 0.1) is 23.4 Å². The zero-order chi connectivity index (χ0) is 20.1. The maximum Gasteiger partial charge on any atom is 0.311 e. The Morgan fingerprint density at radius 2 is 2.07 bits per heavy atom. The van der Waals surface area contributed by atoms with Crippen molar-refractivity contribution in [3.05, 3.63) is 35.7 Å². The fraction of sp³-hybridized carbons (Fsp3) is 0.409. The third-order valence-corrected chi connectivity index (χ3v) is 5.80. The Balaban J connectivity index is 1.60. The average Bonchev–Trinajstić information content (AvgIpc) is 3.23. The van der Waals surface area contributed by atoms with Gasteiger partial charge in [0.25, 0.3) is 0 Å². The number of morpholine rings is 1. The maximum absolute atomic E-state index is 12.1. The fourth-order valence-corrected chi connectivity index (χ4v) is 4.21. The van der Waals surface area contributed by atoms with Crippen LogP contribution in [0.1, 0.15) is 32.6 Å². The lowest BCUT2D eigenvalue weighted by Gasteiger charge is -2.28. The van der Waals surface area contributed by atoms with E-state index in [4.69, 9.17) is 19.4 Å². The number of ether oxygens (including phenoxy) is 2. The van der Waals surface area contributed by atoms with Gasteiger partial charge in [0, 0.05) is 25.1 Å². The van der Waals surface area contributed by atoms with Crippen molar-refractivity contribution in [3.8, 4) is 17.1 Å². The topological polar surface area (TPSA) is 64.5 Å². The molecule has 1 aromatic carbocycles. The van der Waals surface area contributed by atoms with E-state index in [9.17, 15) is 4.79 Å². The molecule has 7 heteroatoms. The number of fused-ring (bicyclic) bond motifs is 1. The summed E-state index contributed by atoms with van der Waals surface area (Å²) in [4.78, 5) is 23.9. The van der Waals surface area contributed by atoms with Gasteiger partial charge in [-0.15, -0.1) is 11.3 Å². The summed E-state index contributed by atoms with van der Waals surface area (Å²) in [5, 5.41) is 2.04. The van der Waals surface area contributed by atoms with Crippen LogP contribution in [0, 0.1) is 0 Å². The molecule has 0 amide bonds. The lowest BCUT2D eigenvalue weighted by molar-refractivity contribution is -0.134. The van der Waals surface area contributed by atoms with E-state index in [-0.39, 0.29) is 5.97 Å². The molecule has 1 aliphatic rings. The van der Waals surface area contributed by atoms with Crippen LogP contribution >= 0.6 is 11.3 Å². The summed E-state index contributed by atoms with van der Waals surface area (Å²) in [5.74, 6) is 1.93. The molecule has 152 valence electrons. The molecule has 0 radical (unpaired) electrons. The number of carbonyl (C=O) groups is 1. The molecule has 0 N–H and O–H groups in total. The Morgan fingerprint density at radius 3 is 2.90 bits per heavy atom. The summed E-state index contributed by atoms with van der Waals surface area (Å²) in [6.45, 7) is 5.16. The molecule has 0 aliphatic carbocycles. The summed E-state index contributed by atoms with van der Waals surface area (Å²) >= 11 is 1.66. The molecule has 1 saturated heterocycles. The molecule has 0 spiro atoms. The van der Waals surface area contributed by atoms with Crippen LogP contribution in [0.3, 0.4) is 0 Å². The molecular weight excluding hydrogens is 386 g/mol. The van der Waals surface area contributed by atoms with Crippen LogP contribution in [0.15, 0.2) is 35.7 Å². The molecule has 0 unspecified atom stereocenters. The van der Waals surface area contributed by atoms with E-state index in [1.54, 1.807) is 17.4 Å². The second kappa shape index (κ2) is 9.33. The van der Waals surface area contributed by atoms with E-state index < -0.39 is 0 Å². The number of esters is 1. The molecule has 0 bridgehead atoms. The minimum atomic E-state index is -0.196. The molecule has 3 aromatic rings. The lowest BCUT2D eigenvalue weighted by atomic mass is 10.2. The van der Waals surface area contributed by atoms with Gasteiger partial charge in [0.2, 0.25) is 0 Å². The predicted molar refractivity (Wildman–Crippen MR) is 116 cm³/mol. The molecule has 3 heterocycles. The van der Waals surface area contributed by atoms with E-state index >= 15 is 0 Å². The second-order valence-electron chi connectivity index (χ2n) is 7.06. The van der Waals surface area contributed by atoms with Crippen molar-refractivity contribution in [1.29, 1.82) is 0 Å². The Morgan fingerprint density at radius 1 is 1.21 bits per heavy atom.